The Hall–Kier alpha value is -1.35. The van der Waals surface area contributed by atoms with Gasteiger partial charge in [0.15, 0.2) is 0 Å². The van der Waals surface area contributed by atoms with Crippen LogP contribution < -0.4 is 10.5 Å². The van der Waals surface area contributed by atoms with E-state index < -0.39 is 5.54 Å². The second-order valence-corrected chi connectivity index (χ2v) is 6.83. The summed E-state index contributed by atoms with van der Waals surface area (Å²) in [6.45, 7) is 6.61. The Kier molecular flexibility index (Phi) is 9.70. The number of rotatable bonds is 13. The van der Waals surface area contributed by atoms with E-state index in [0.29, 0.717) is 6.42 Å². The Morgan fingerprint density at radius 3 is 2.33 bits per heavy atom. The quantitative estimate of drug-likeness (QED) is 0.514. The van der Waals surface area contributed by atoms with Crippen molar-refractivity contribution in [1.29, 1.82) is 0 Å². The highest BCUT2D eigenvalue weighted by Gasteiger charge is 2.27. The summed E-state index contributed by atoms with van der Waals surface area (Å²) in [4.78, 5) is 11.6. The molecule has 0 radical (unpaired) electrons. The Bertz CT molecular complexity index is 469. The van der Waals surface area contributed by atoms with Gasteiger partial charge < -0.3 is 10.5 Å². The van der Waals surface area contributed by atoms with Crippen LogP contribution in [0.1, 0.15) is 77.7 Å². The molecule has 0 aliphatic carbocycles. The third kappa shape index (κ3) is 7.48. The predicted octanol–water partition coefficient (Wildman–Crippen LogP) is 5.06. The fourth-order valence-electron chi connectivity index (χ4n) is 2.84. The molecule has 2 N–H and O–H groups in total. The van der Waals surface area contributed by atoms with Crippen molar-refractivity contribution in [2.45, 2.75) is 84.1 Å². The van der Waals surface area contributed by atoms with E-state index in [1.807, 2.05) is 6.92 Å². The highest BCUT2D eigenvalue weighted by Crippen LogP contribution is 2.19. The summed E-state index contributed by atoms with van der Waals surface area (Å²) in [5, 5.41) is 0. The van der Waals surface area contributed by atoms with E-state index >= 15 is 0 Å². The van der Waals surface area contributed by atoms with Crippen LogP contribution in [0.15, 0.2) is 24.3 Å². The van der Waals surface area contributed by atoms with E-state index in [4.69, 9.17) is 10.5 Å². The fourth-order valence-corrected chi connectivity index (χ4v) is 2.84. The fraction of sp³-hybridized carbons (Fsp3) is 0.667. The number of carbonyl (C=O) groups is 1. The molecule has 0 spiro atoms. The number of benzene rings is 1. The van der Waals surface area contributed by atoms with Crippen LogP contribution >= 0.6 is 0 Å². The first-order valence-electron chi connectivity index (χ1n) is 9.53. The average Bonchev–Trinajstić information content (AvgIpc) is 2.59. The summed E-state index contributed by atoms with van der Waals surface area (Å²) in [6.07, 6.45) is 9.47. The number of hydrogen-bond donors (Lipinski definition) is 1. The van der Waals surface area contributed by atoms with Crippen molar-refractivity contribution in [3.8, 4) is 5.75 Å². The monoisotopic (exact) mass is 333 g/mol. The number of unbranched alkanes of at least 4 members (excludes halogenated alkanes) is 4. The van der Waals surface area contributed by atoms with Gasteiger partial charge in [-0.15, -0.1) is 0 Å². The number of aryl methyl sites for hydroxylation is 1. The van der Waals surface area contributed by atoms with Crippen LogP contribution in [0.4, 0.5) is 0 Å². The molecule has 136 valence electrons. The lowest BCUT2D eigenvalue weighted by atomic mass is 9.87. The number of Topliss-reactive ketones (excluding diaryl/α,β-unsaturated/α-hetero) is 1. The molecule has 1 aromatic carbocycles. The van der Waals surface area contributed by atoms with Crippen LogP contribution in [0.2, 0.25) is 0 Å². The van der Waals surface area contributed by atoms with Gasteiger partial charge in [-0.05, 0) is 56.7 Å². The molecule has 3 nitrogen and oxygen atoms in total. The minimum atomic E-state index is -0.629. The molecule has 0 aliphatic heterocycles. The van der Waals surface area contributed by atoms with E-state index in [9.17, 15) is 4.79 Å². The third-order valence-electron chi connectivity index (χ3n) is 4.86. The Labute approximate surface area is 148 Å². The maximum atomic E-state index is 11.6. The number of hydrogen-bond acceptors (Lipinski definition) is 3. The minimum Gasteiger partial charge on any atom is -0.494 e. The maximum Gasteiger partial charge on any atom is 0.149 e. The van der Waals surface area contributed by atoms with Crippen LogP contribution in [0.3, 0.4) is 0 Å². The topological polar surface area (TPSA) is 52.3 Å². The Morgan fingerprint density at radius 1 is 1.04 bits per heavy atom. The molecule has 3 heteroatoms. The standard InChI is InChI=1S/C21H35NO2/c1-4-6-7-10-17-24-20-14-12-19(13-15-20)11-8-9-16-21(22,5-2)18(3)23/h12-15H,4-11,16-17,22H2,1-3H3/t21-/m0/s1. The Morgan fingerprint density at radius 2 is 1.75 bits per heavy atom. The molecule has 24 heavy (non-hydrogen) atoms. The third-order valence-corrected chi connectivity index (χ3v) is 4.86. The molecule has 1 atom stereocenters. The van der Waals surface area contributed by atoms with Crippen LogP contribution in [-0.4, -0.2) is 17.9 Å². The molecule has 0 fully saturated rings. The van der Waals surface area contributed by atoms with E-state index in [-0.39, 0.29) is 5.78 Å². The molecule has 0 saturated carbocycles. The Balaban J connectivity index is 2.26. The average molecular weight is 334 g/mol. The molecule has 0 unspecified atom stereocenters. The summed E-state index contributed by atoms with van der Waals surface area (Å²) in [5.41, 5.74) is 6.84. The molecular formula is C21H35NO2. The van der Waals surface area contributed by atoms with E-state index in [1.165, 1.54) is 24.8 Å². The van der Waals surface area contributed by atoms with Crippen molar-refractivity contribution >= 4 is 5.78 Å². The lowest BCUT2D eigenvalue weighted by molar-refractivity contribution is -0.122. The van der Waals surface area contributed by atoms with E-state index in [0.717, 1.165) is 44.5 Å². The summed E-state index contributed by atoms with van der Waals surface area (Å²) in [7, 11) is 0. The van der Waals surface area contributed by atoms with Gasteiger partial charge in [-0.25, -0.2) is 0 Å². The van der Waals surface area contributed by atoms with E-state index in [2.05, 4.69) is 31.2 Å². The van der Waals surface area contributed by atoms with Crippen molar-refractivity contribution in [3.63, 3.8) is 0 Å². The van der Waals surface area contributed by atoms with Crippen LogP contribution in [0, 0.1) is 0 Å². The summed E-state index contributed by atoms with van der Waals surface area (Å²) >= 11 is 0. The minimum absolute atomic E-state index is 0.102. The summed E-state index contributed by atoms with van der Waals surface area (Å²) in [5.74, 6) is 1.06. The zero-order valence-electron chi connectivity index (χ0n) is 15.8. The van der Waals surface area contributed by atoms with Gasteiger partial charge in [-0.3, -0.25) is 4.79 Å². The summed E-state index contributed by atoms with van der Waals surface area (Å²) < 4.78 is 5.76. The highest BCUT2D eigenvalue weighted by molar-refractivity contribution is 5.85. The van der Waals surface area contributed by atoms with Crippen molar-refractivity contribution in [2.75, 3.05) is 6.61 Å². The predicted molar refractivity (Wildman–Crippen MR) is 102 cm³/mol. The van der Waals surface area contributed by atoms with Gasteiger partial charge in [0.1, 0.15) is 11.5 Å². The molecular weight excluding hydrogens is 298 g/mol. The zero-order valence-corrected chi connectivity index (χ0v) is 15.8. The number of carbonyl (C=O) groups excluding carboxylic acids is 1. The highest BCUT2D eigenvalue weighted by atomic mass is 16.5. The van der Waals surface area contributed by atoms with Gasteiger partial charge in [0.25, 0.3) is 0 Å². The van der Waals surface area contributed by atoms with Crippen LogP contribution in [0.25, 0.3) is 0 Å². The number of nitrogens with two attached hydrogens (primary N) is 1. The van der Waals surface area contributed by atoms with Gasteiger partial charge in [0.05, 0.1) is 12.1 Å². The molecule has 1 aromatic rings. The van der Waals surface area contributed by atoms with Crippen LogP contribution in [0.5, 0.6) is 5.75 Å². The number of ketones is 1. The molecule has 0 amide bonds. The van der Waals surface area contributed by atoms with E-state index in [1.54, 1.807) is 6.92 Å². The van der Waals surface area contributed by atoms with Gasteiger partial charge in [0.2, 0.25) is 0 Å². The first-order chi connectivity index (χ1) is 11.5. The smallest absolute Gasteiger partial charge is 0.149 e. The summed E-state index contributed by atoms with van der Waals surface area (Å²) in [6, 6.07) is 8.40. The lowest BCUT2D eigenvalue weighted by Crippen LogP contribution is -2.46. The second kappa shape index (κ2) is 11.2. The molecule has 0 aromatic heterocycles. The first kappa shape index (κ1) is 20.7. The van der Waals surface area contributed by atoms with Gasteiger partial charge in [-0.2, -0.15) is 0 Å². The van der Waals surface area contributed by atoms with Crippen molar-refractivity contribution in [1.82, 2.24) is 0 Å². The molecule has 0 aliphatic rings. The second-order valence-electron chi connectivity index (χ2n) is 6.83. The molecule has 0 heterocycles. The van der Waals surface area contributed by atoms with Gasteiger partial charge in [0, 0.05) is 0 Å². The zero-order chi connectivity index (χ0) is 17.8. The van der Waals surface area contributed by atoms with Crippen LogP contribution in [-0.2, 0) is 11.2 Å². The molecule has 0 saturated heterocycles. The largest absolute Gasteiger partial charge is 0.494 e. The molecule has 1 rings (SSSR count). The SMILES string of the molecule is CCCCCCOc1ccc(CCCC[C@@](N)(CC)C(C)=O)cc1. The van der Waals surface area contributed by atoms with Crippen molar-refractivity contribution < 1.29 is 9.53 Å². The van der Waals surface area contributed by atoms with Gasteiger partial charge in [-0.1, -0.05) is 51.7 Å². The first-order valence-corrected chi connectivity index (χ1v) is 9.53. The molecule has 0 bridgehead atoms. The van der Waals surface area contributed by atoms with Gasteiger partial charge >= 0.3 is 0 Å². The van der Waals surface area contributed by atoms with Crippen molar-refractivity contribution in [2.24, 2.45) is 5.73 Å². The normalized spacial score (nSPS) is 13.5. The maximum absolute atomic E-state index is 11.6. The lowest BCUT2D eigenvalue weighted by Gasteiger charge is -2.24. The number of ether oxygens (including phenoxy) is 1. The van der Waals surface area contributed by atoms with Crippen molar-refractivity contribution in [3.05, 3.63) is 29.8 Å².